The van der Waals surface area contributed by atoms with Crippen molar-refractivity contribution in [2.24, 2.45) is 5.92 Å². The Morgan fingerprint density at radius 2 is 2.31 bits per heavy atom. The van der Waals surface area contributed by atoms with Crippen molar-refractivity contribution in [1.29, 1.82) is 0 Å². The highest BCUT2D eigenvalue weighted by Crippen LogP contribution is 2.39. The average Bonchev–Trinajstić information content (AvgIpc) is 2.95. The van der Waals surface area contributed by atoms with E-state index in [1.54, 1.807) is 0 Å². The predicted octanol–water partition coefficient (Wildman–Crippen LogP) is 2.26. The number of carboxylic acid groups (broad SMARTS) is 1. The normalized spacial score (nSPS) is 16.4. The van der Waals surface area contributed by atoms with Crippen molar-refractivity contribution >= 4 is 5.97 Å². The van der Waals surface area contributed by atoms with Crippen LogP contribution in [0.1, 0.15) is 42.8 Å². The lowest BCUT2D eigenvalue weighted by Gasteiger charge is -2.25. The smallest absolute Gasteiger partial charge is 0.339 e. The van der Waals surface area contributed by atoms with Crippen molar-refractivity contribution < 1.29 is 14.3 Å². The molecule has 0 radical (unpaired) electrons. The Kier molecular flexibility index (Phi) is 2.76. The van der Waals surface area contributed by atoms with Crippen LogP contribution in [-0.2, 0) is 6.54 Å². The second-order valence-electron chi connectivity index (χ2n) is 4.91. The molecule has 1 saturated carbocycles. The summed E-state index contributed by atoms with van der Waals surface area (Å²) in [5.41, 5.74) is 0.307. The van der Waals surface area contributed by atoms with Gasteiger partial charge < -0.3 is 14.8 Å². The van der Waals surface area contributed by atoms with E-state index >= 15 is 0 Å². The second kappa shape index (κ2) is 3.94. The zero-order chi connectivity index (χ0) is 11.8. The van der Waals surface area contributed by atoms with Crippen LogP contribution < -0.4 is 5.32 Å². The maximum atomic E-state index is 10.9. The number of aromatic carboxylic acids is 1. The van der Waals surface area contributed by atoms with Gasteiger partial charge in [0.1, 0.15) is 11.3 Å². The SMILES string of the molecule is CC(C)(NCc1occc1C(=O)O)C1CC1. The van der Waals surface area contributed by atoms with Crippen LogP contribution in [0, 0.1) is 5.92 Å². The summed E-state index contributed by atoms with van der Waals surface area (Å²) in [6.07, 6.45) is 3.93. The maximum absolute atomic E-state index is 10.9. The molecule has 1 heterocycles. The number of carbonyl (C=O) groups is 1. The lowest BCUT2D eigenvalue weighted by Crippen LogP contribution is -2.40. The van der Waals surface area contributed by atoms with Crippen LogP contribution in [0.5, 0.6) is 0 Å². The fourth-order valence-corrected chi connectivity index (χ4v) is 1.93. The van der Waals surface area contributed by atoms with Crippen LogP contribution in [0.4, 0.5) is 0 Å². The van der Waals surface area contributed by atoms with E-state index in [-0.39, 0.29) is 11.1 Å². The summed E-state index contributed by atoms with van der Waals surface area (Å²) < 4.78 is 5.18. The molecule has 0 unspecified atom stereocenters. The zero-order valence-electron chi connectivity index (χ0n) is 9.62. The average molecular weight is 223 g/mol. The predicted molar refractivity (Wildman–Crippen MR) is 59.3 cm³/mol. The van der Waals surface area contributed by atoms with Gasteiger partial charge in [0.15, 0.2) is 0 Å². The van der Waals surface area contributed by atoms with Crippen LogP contribution in [-0.4, -0.2) is 16.6 Å². The number of furan rings is 1. The van der Waals surface area contributed by atoms with Crippen molar-refractivity contribution in [2.75, 3.05) is 0 Å². The number of rotatable bonds is 5. The first-order valence-corrected chi connectivity index (χ1v) is 5.55. The molecule has 0 atom stereocenters. The Bertz CT molecular complexity index is 391. The van der Waals surface area contributed by atoms with Gasteiger partial charge in [0, 0.05) is 5.54 Å². The summed E-state index contributed by atoms with van der Waals surface area (Å²) in [5.74, 6) is 0.270. The van der Waals surface area contributed by atoms with E-state index in [2.05, 4.69) is 19.2 Å². The second-order valence-corrected chi connectivity index (χ2v) is 4.91. The molecule has 4 heteroatoms. The molecular formula is C12H17NO3. The molecule has 0 aromatic carbocycles. The Morgan fingerprint density at radius 1 is 1.62 bits per heavy atom. The van der Waals surface area contributed by atoms with Crippen molar-refractivity contribution in [3.8, 4) is 0 Å². The Labute approximate surface area is 94.6 Å². The molecule has 88 valence electrons. The molecule has 1 aromatic rings. The number of hydrogen-bond donors (Lipinski definition) is 2. The first kappa shape index (κ1) is 11.2. The summed E-state index contributed by atoms with van der Waals surface area (Å²) in [7, 11) is 0. The zero-order valence-corrected chi connectivity index (χ0v) is 9.62. The monoisotopic (exact) mass is 223 g/mol. The first-order chi connectivity index (χ1) is 7.50. The van der Waals surface area contributed by atoms with Gasteiger partial charge in [-0.1, -0.05) is 0 Å². The molecule has 0 saturated heterocycles. The number of hydrogen-bond acceptors (Lipinski definition) is 3. The molecule has 16 heavy (non-hydrogen) atoms. The van der Waals surface area contributed by atoms with Crippen molar-refractivity contribution in [3.63, 3.8) is 0 Å². The fraction of sp³-hybridized carbons (Fsp3) is 0.583. The number of carboxylic acids is 1. The molecule has 2 N–H and O–H groups in total. The fourth-order valence-electron chi connectivity index (χ4n) is 1.93. The van der Waals surface area contributed by atoms with Crippen molar-refractivity contribution in [1.82, 2.24) is 5.32 Å². The minimum absolute atomic E-state index is 0.0581. The Morgan fingerprint density at radius 3 is 2.88 bits per heavy atom. The van der Waals surface area contributed by atoms with E-state index in [0.29, 0.717) is 18.2 Å². The van der Waals surface area contributed by atoms with Crippen LogP contribution in [0.2, 0.25) is 0 Å². The maximum Gasteiger partial charge on any atom is 0.339 e. The van der Waals surface area contributed by atoms with Gasteiger partial charge in [0.05, 0.1) is 12.8 Å². The van der Waals surface area contributed by atoms with Crippen molar-refractivity contribution in [3.05, 3.63) is 23.7 Å². The molecule has 0 spiro atoms. The van der Waals surface area contributed by atoms with E-state index in [0.717, 1.165) is 0 Å². The van der Waals surface area contributed by atoms with E-state index in [9.17, 15) is 4.79 Å². The minimum Gasteiger partial charge on any atom is -0.478 e. The van der Waals surface area contributed by atoms with Gasteiger partial charge in [-0.3, -0.25) is 0 Å². The number of nitrogens with one attached hydrogen (secondary N) is 1. The highest BCUT2D eigenvalue weighted by molar-refractivity contribution is 5.88. The molecular weight excluding hydrogens is 206 g/mol. The van der Waals surface area contributed by atoms with Gasteiger partial charge in [-0.15, -0.1) is 0 Å². The van der Waals surface area contributed by atoms with Gasteiger partial charge in [0.25, 0.3) is 0 Å². The van der Waals surface area contributed by atoms with Crippen LogP contribution in [0.3, 0.4) is 0 Å². The molecule has 2 rings (SSSR count). The molecule has 1 fully saturated rings. The van der Waals surface area contributed by atoms with Crippen molar-refractivity contribution in [2.45, 2.75) is 38.8 Å². The Balaban J connectivity index is 1.98. The molecule has 0 aliphatic heterocycles. The molecule has 4 nitrogen and oxygen atoms in total. The van der Waals surface area contributed by atoms with Gasteiger partial charge in [-0.25, -0.2) is 4.79 Å². The summed E-state index contributed by atoms with van der Waals surface area (Å²) in [4.78, 5) is 10.9. The molecule has 0 bridgehead atoms. The summed E-state index contributed by atoms with van der Waals surface area (Å²) in [6.45, 7) is 4.76. The third-order valence-electron chi connectivity index (χ3n) is 3.28. The minimum atomic E-state index is -0.935. The van der Waals surface area contributed by atoms with E-state index in [1.807, 2.05) is 0 Å². The lowest BCUT2D eigenvalue weighted by molar-refractivity contribution is 0.0694. The summed E-state index contributed by atoms with van der Waals surface area (Å²) >= 11 is 0. The largest absolute Gasteiger partial charge is 0.478 e. The molecule has 0 amide bonds. The van der Waals surface area contributed by atoms with Gasteiger partial charge in [-0.2, -0.15) is 0 Å². The third-order valence-corrected chi connectivity index (χ3v) is 3.28. The highest BCUT2D eigenvalue weighted by Gasteiger charge is 2.37. The quantitative estimate of drug-likeness (QED) is 0.803. The van der Waals surface area contributed by atoms with Crippen LogP contribution >= 0.6 is 0 Å². The summed E-state index contributed by atoms with van der Waals surface area (Å²) in [5, 5.41) is 12.3. The van der Waals surface area contributed by atoms with Crippen LogP contribution in [0.25, 0.3) is 0 Å². The standard InChI is InChI=1S/C12H17NO3/c1-12(2,8-3-4-8)13-7-10-9(11(14)15)5-6-16-10/h5-6,8,13H,3-4,7H2,1-2H3,(H,14,15). The third kappa shape index (κ3) is 2.27. The van der Waals surface area contributed by atoms with Gasteiger partial charge >= 0.3 is 5.97 Å². The highest BCUT2D eigenvalue weighted by atomic mass is 16.4. The van der Waals surface area contributed by atoms with Crippen LogP contribution in [0.15, 0.2) is 16.7 Å². The van der Waals surface area contributed by atoms with Gasteiger partial charge in [-0.05, 0) is 38.7 Å². The van der Waals surface area contributed by atoms with E-state index < -0.39 is 5.97 Å². The van der Waals surface area contributed by atoms with Gasteiger partial charge in [0.2, 0.25) is 0 Å². The Hall–Kier alpha value is -1.29. The first-order valence-electron chi connectivity index (χ1n) is 5.55. The molecule has 1 aromatic heterocycles. The summed E-state index contributed by atoms with van der Waals surface area (Å²) in [6, 6.07) is 1.49. The molecule has 1 aliphatic carbocycles. The lowest BCUT2D eigenvalue weighted by atomic mass is 9.98. The van der Waals surface area contributed by atoms with E-state index in [4.69, 9.17) is 9.52 Å². The van der Waals surface area contributed by atoms with E-state index in [1.165, 1.54) is 25.2 Å². The molecule has 1 aliphatic rings. The topological polar surface area (TPSA) is 62.5 Å².